The van der Waals surface area contributed by atoms with Crippen LogP contribution >= 0.6 is 0 Å². The van der Waals surface area contributed by atoms with Crippen LogP contribution in [0.3, 0.4) is 0 Å². The number of pyridine rings is 2. The summed E-state index contributed by atoms with van der Waals surface area (Å²) in [7, 11) is -1.42. The number of benzene rings is 6. The smallest absolute Gasteiger partial charge is 0.121 e. The van der Waals surface area contributed by atoms with E-state index in [0.717, 1.165) is 61.5 Å². The van der Waals surface area contributed by atoms with Crippen LogP contribution in [0.1, 0.15) is 48.8 Å². The Morgan fingerprint density at radius 2 is 1.24 bits per heavy atom. The summed E-state index contributed by atoms with van der Waals surface area (Å²) in [6.07, 6.45) is 12.4. The van der Waals surface area contributed by atoms with Gasteiger partial charge in [0.25, 0.3) is 0 Å². The Hall–Kier alpha value is -5.71. The second kappa shape index (κ2) is 19.4. The Morgan fingerprint density at radius 3 is 1.89 bits per heavy atom. The molecule has 0 N–H and O–H groups in total. The third-order valence-corrected chi connectivity index (χ3v) is 14.6. The van der Waals surface area contributed by atoms with E-state index in [-0.39, 0.29) is 20.1 Å². The second-order valence-electron chi connectivity index (χ2n) is 18.0. The minimum Gasteiger partial charge on any atom is -0.501 e. The van der Waals surface area contributed by atoms with Gasteiger partial charge in [0.2, 0.25) is 0 Å². The first kappa shape index (κ1) is 43.9. The van der Waals surface area contributed by atoms with E-state index in [1.807, 2.05) is 24.4 Å². The van der Waals surface area contributed by atoms with Crippen molar-refractivity contribution in [3.63, 3.8) is 0 Å². The van der Waals surface area contributed by atoms with Crippen molar-refractivity contribution in [2.45, 2.75) is 72.0 Å². The van der Waals surface area contributed by atoms with Gasteiger partial charge in [-0.05, 0) is 64.2 Å². The summed E-state index contributed by atoms with van der Waals surface area (Å²) in [6.45, 7) is 11.6. The Kier molecular flexibility index (Phi) is 13.5. The predicted molar refractivity (Wildman–Crippen MR) is 263 cm³/mol. The standard InChI is InChI=1S/C30H20NO.C28H34NSi.Ir/c1-20-17-28(31-19-27(20)22-11-6-3-7-12-22)26-14-8-13-25-24-16-15-23(18-29(24)32-30(25)26)21-9-4-2-5-10-21;1-21-17-24(15-16-26(21)23-13-9-6-10-14-23)27-19-25(18-22-11-7-5-8-12-22)28(20-29-27)30(2,3)4;/h2-13,15-19H,1H3;6,9-10,13-14,16-17,19-20,22H,5,7-8,11-12,18H2,1-4H3;/q2*-1;. The van der Waals surface area contributed by atoms with Gasteiger partial charge in [0.15, 0.2) is 0 Å². The van der Waals surface area contributed by atoms with Crippen LogP contribution in [0.25, 0.3) is 77.8 Å². The molecule has 0 bridgehead atoms. The number of furan rings is 1. The van der Waals surface area contributed by atoms with E-state index in [9.17, 15) is 0 Å². The van der Waals surface area contributed by atoms with Crippen molar-refractivity contribution in [3.8, 4) is 55.9 Å². The van der Waals surface area contributed by atoms with Crippen molar-refractivity contribution in [3.05, 3.63) is 187 Å². The van der Waals surface area contributed by atoms with Crippen LogP contribution in [0.4, 0.5) is 0 Å². The van der Waals surface area contributed by atoms with Crippen LogP contribution in [0, 0.1) is 31.9 Å². The fraction of sp³-hybridized carbons (Fsp3) is 0.207. The fourth-order valence-corrected chi connectivity index (χ4v) is 10.8. The average molecular weight is 1020 g/mol. The van der Waals surface area contributed by atoms with Gasteiger partial charge in [0.05, 0.1) is 13.7 Å². The van der Waals surface area contributed by atoms with Gasteiger partial charge < -0.3 is 14.4 Å². The van der Waals surface area contributed by atoms with Crippen molar-refractivity contribution < 1.29 is 24.5 Å². The van der Waals surface area contributed by atoms with Crippen molar-refractivity contribution in [1.29, 1.82) is 0 Å². The van der Waals surface area contributed by atoms with Crippen LogP contribution in [0.2, 0.25) is 19.6 Å². The first-order valence-electron chi connectivity index (χ1n) is 22.2. The molecule has 1 saturated carbocycles. The predicted octanol–water partition coefficient (Wildman–Crippen LogP) is 15.3. The molecule has 0 spiro atoms. The number of hydrogen-bond donors (Lipinski definition) is 0. The monoisotopic (exact) mass is 1020 g/mol. The summed E-state index contributed by atoms with van der Waals surface area (Å²) in [5.41, 5.74) is 16.8. The molecular formula is C58H54IrN2OSi-2. The van der Waals surface area contributed by atoms with E-state index >= 15 is 0 Å². The number of aromatic nitrogens is 2. The first-order valence-corrected chi connectivity index (χ1v) is 25.7. The minimum atomic E-state index is -1.42. The molecule has 1 fully saturated rings. The Bertz CT molecular complexity index is 2970. The van der Waals surface area contributed by atoms with E-state index < -0.39 is 8.07 Å². The molecule has 1 aliphatic rings. The van der Waals surface area contributed by atoms with Gasteiger partial charge >= 0.3 is 0 Å². The number of fused-ring (bicyclic) bond motifs is 3. The number of aryl methyl sites for hydroxylation is 2. The summed E-state index contributed by atoms with van der Waals surface area (Å²) in [4.78, 5) is 9.70. The second-order valence-corrected chi connectivity index (χ2v) is 23.1. The summed E-state index contributed by atoms with van der Waals surface area (Å²) < 4.78 is 6.38. The molecule has 63 heavy (non-hydrogen) atoms. The molecule has 0 amide bonds. The van der Waals surface area contributed by atoms with Crippen LogP contribution in [-0.2, 0) is 26.5 Å². The van der Waals surface area contributed by atoms with Gasteiger partial charge in [-0.15, -0.1) is 47.5 Å². The molecule has 9 aromatic rings. The molecule has 10 rings (SSSR count). The molecule has 3 heterocycles. The van der Waals surface area contributed by atoms with Gasteiger partial charge in [0.1, 0.15) is 5.58 Å². The normalized spacial score (nSPS) is 13.0. The zero-order chi connectivity index (χ0) is 42.6. The van der Waals surface area contributed by atoms with Crippen molar-refractivity contribution in [2.24, 2.45) is 5.92 Å². The number of rotatable bonds is 8. The van der Waals surface area contributed by atoms with Crippen LogP contribution in [0.5, 0.6) is 0 Å². The number of nitrogens with zero attached hydrogens (tertiary/aromatic N) is 2. The molecular weight excluding hydrogens is 961 g/mol. The molecule has 0 saturated heterocycles. The molecule has 6 aromatic carbocycles. The van der Waals surface area contributed by atoms with E-state index in [1.165, 1.54) is 77.1 Å². The third kappa shape index (κ3) is 9.77. The Balaban J connectivity index is 0.000000171. The zero-order valence-corrected chi connectivity index (χ0v) is 40.4. The minimum absolute atomic E-state index is 0. The summed E-state index contributed by atoms with van der Waals surface area (Å²) in [6, 6.07) is 57.5. The SMILES string of the molecule is Cc1cc(-c2[c-]ccc3c2oc2cc(-c4ccccc4)ccc23)ncc1-c1ccccc1.Cc1cc(-c2cc(CC3CCCCC3)c([Si](C)(C)C)cn2)[c-]cc1-c1ccccc1.[Ir]. The molecule has 0 unspecified atom stereocenters. The third-order valence-electron chi connectivity index (χ3n) is 12.5. The molecule has 5 heteroatoms. The van der Waals surface area contributed by atoms with E-state index in [0.29, 0.717) is 0 Å². The summed E-state index contributed by atoms with van der Waals surface area (Å²) in [5, 5.41) is 3.72. The van der Waals surface area contributed by atoms with E-state index in [1.54, 1.807) is 5.56 Å². The quantitative estimate of drug-likeness (QED) is 0.112. The molecule has 0 aliphatic heterocycles. The first-order chi connectivity index (χ1) is 30.2. The van der Waals surface area contributed by atoms with Crippen molar-refractivity contribution in [1.82, 2.24) is 9.97 Å². The maximum Gasteiger partial charge on any atom is 0.121 e. The molecule has 1 radical (unpaired) electrons. The Labute approximate surface area is 388 Å². The largest absolute Gasteiger partial charge is 0.501 e. The van der Waals surface area contributed by atoms with Crippen molar-refractivity contribution >= 4 is 35.2 Å². The maximum atomic E-state index is 6.38. The molecule has 3 nitrogen and oxygen atoms in total. The number of hydrogen-bond acceptors (Lipinski definition) is 3. The van der Waals surface area contributed by atoms with Crippen LogP contribution in [0.15, 0.2) is 162 Å². The summed E-state index contributed by atoms with van der Waals surface area (Å²) >= 11 is 0. The van der Waals surface area contributed by atoms with Gasteiger partial charge in [-0.1, -0.05) is 202 Å². The van der Waals surface area contributed by atoms with Gasteiger partial charge in [-0.25, -0.2) is 0 Å². The fourth-order valence-electron chi connectivity index (χ4n) is 9.22. The van der Waals surface area contributed by atoms with Gasteiger partial charge in [-0.2, -0.15) is 0 Å². The van der Waals surface area contributed by atoms with Crippen LogP contribution < -0.4 is 5.19 Å². The Morgan fingerprint density at radius 1 is 0.603 bits per heavy atom. The van der Waals surface area contributed by atoms with Crippen molar-refractivity contribution in [2.75, 3.05) is 0 Å². The average Bonchev–Trinajstić information content (AvgIpc) is 3.68. The summed E-state index contributed by atoms with van der Waals surface area (Å²) in [5.74, 6) is 0.843. The molecule has 0 atom stereocenters. The van der Waals surface area contributed by atoms with Crippen LogP contribution in [-0.4, -0.2) is 18.0 Å². The van der Waals surface area contributed by atoms with Gasteiger partial charge in [-0.3, -0.25) is 0 Å². The molecule has 317 valence electrons. The topological polar surface area (TPSA) is 38.9 Å². The van der Waals surface area contributed by atoms with Gasteiger partial charge in [0, 0.05) is 43.4 Å². The maximum absolute atomic E-state index is 6.38. The molecule has 1 aliphatic carbocycles. The zero-order valence-electron chi connectivity index (χ0n) is 37.0. The molecule has 3 aromatic heterocycles. The van der Waals surface area contributed by atoms with E-state index in [2.05, 4.69) is 179 Å². The van der Waals surface area contributed by atoms with E-state index in [4.69, 9.17) is 14.4 Å².